The van der Waals surface area contributed by atoms with Gasteiger partial charge in [0.15, 0.2) is 0 Å². The van der Waals surface area contributed by atoms with E-state index in [9.17, 15) is 15.0 Å². The van der Waals surface area contributed by atoms with Crippen LogP contribution >= 0.6 is 0 Å². The second-order valence-corrected chi connectivity index (χ2v) is 4.81. The summed E-state index contributed by atoms with van der Waals surface area (Å²) < 4.78 is 5.64. The van der Waals surface area contributed by atoms with Crippen molar-refractivity contribution >= 4 is 5.97 Å². The fraction of sp³-hybridized carbons (Fsp3) is 0.235. The minimum absolute atomic E-state index is 0.0380. The number of rotatable bonds is 6. The minimum atomic E-state index is -1.12. The van der Waals surface area contributed by atoms with Crippen LogP contribution in [0.4, 0.5) is 0 Å². The number of hydrogen-bond acceptors (Lipinski definition) is 3. The first-order valence-corrected chi connectivity index (χ1v) is 6.87. The van der Waals surface area contributed by atoms with Crippen molar-refractivity contribution in [1.29, 1.82) is 0 Å². The lowest BCUT2D eigenvalue weighted by Gasteiger charge is -2.12. The van der Waals surface area contributed by atoms with Crippen LogP contribution in [0.15, 0.2) is 42.5 Å². The summed E-state index contributed by atoms with van der Waals surface area (Å²) >= 11 is 0. The molecule has 0 atom stereocenters. The van der Waals surface area contributed by atoms with Gasteiger partial charge in [0.2, 0.25) is 0 Å². The molecule has 0 radical (unpaired) electrons. The van der Waals surface area contributed by atoms with Gasteiger partial charge in [-0.1, -0.05) is 43.7 Å². The second-order valence-electron chi connectivity index (χ2n) is 4.81. The first-order valence-electron chi connectivity index (χ1n) is 6.87. The molecule has 2 N–H and O–H groups in total. The molecule has 4 nitrogen and oxygen atoms in total. The Hall–Kier alpha value is -2.49. The molecule has 0 amide bonds. The molecule has 0 aliphatic carbocycles. The Bertz CT molecular complexity index is 620. The fourth-order valence-corrected chi connectivity index (χ4v) is 2.19. The lowest BCUT2D eigenvalue weighted by atomic mass is 10.0. The number of benzene rings is 2. The molecule has 0 saturated carbocycles. The molecule has 0 unspecified atom stereocenters. The summed E-state index contributed by atoms with van der Waals surface area (Å²) in [5.41, 5.74) is 1.56. The molecule has 0 fully saturated rings. The van der Waals surface area contributed by atoms with E-state index in [1.165, 1.54) is 6.07 Å². The first kappa shape index (κ1) is 14.9. The van der Waals surface area contributed by atoms with Gasteiger partial charge in [0.25, 0.3) is 0 Å². The van der Waals surface area contributed by atoms with Gasteiger partial charge in [-0.3, -0.25) is 0 Å². The molecule has 0 spiro atoms. The average molecular weight is 286 g/mol. The van der Waals surface area contributed by atoms with Gasteiger partial charge >= 0.3 is 5.97 Å². The van der Waals surface area contributed by atoms with Crippen LogP contribution in [0.1, 0.15) is 34.8 Å². The van der Waals surface area contributed by atoms with Crippen LogP contribution in [0.5, 0.6) is 11.5 Å². The highest BCUT2D eigenvalue weighted by Gasteiger charge is 2.17. The van der Waals surface area contributed by atoms with Crippen LogP contribution in [-0.2, 0) is 13.0 Å². The molecule has 110 valence electrons. The topological polar surface area (TPSA) is 66.8 Å². The molecule has 0 aliphatic heterocycles. The number of aryl methyl sites for hydroxylation is 1. The molecule has 0 aliphatic rings. The maximum absolute atomic E-state index is 11.2. The third kappa shape index (κ3) is 3.75. The SMILES string of the molecule is CCCc1cc(OCc2ccccc2)cc(O)c1C(=O)O. The largest absolute Gasteiger partial charge is 0.507 e. The summed E-state index contributed by atoms with van der Waals surface area (Å²) in [6, 6.07) is 12.7. The van der Waals surface area contributed by atoms with E-state index in [4.69, 9.17) is 4.74 Å². The zero-order chi connectivity index (χ0) is 15.2. The van der Waals surface area contributed by atoms with Crippen molar-refractivity contribution in [3.8, 4) is 11.5 Å². The number of aromatic carboxylic acids is 1. The number of ether oxygens (including phenoxy) is 1. The van der Waals surface area contributed by atoms with E-state index in [-0.39, 0.29) is 11.3 Å². The monoisotopic (exact) mass is 286 g/mol. The van der Waals surface area contributed by atoms with Gasteiger partial charge in [0, 0.05) is 6.07 Å². The van der Waals surface area contributed by atoms with Crippen molar-refractivity contribution in [2.75, 3.05) is 0 Å². The first-order chi connectivity index (χ1) is 10.1. The molecule has 0 heterocycles. The Balaban J connectivity index is 2.22. The van der Waals surface area contributed by atoms with Crippen LogP contribution in [0.25, 0.3) is 0 Å². The lowest BCUT2D eigenvalue weighted by Crippen LogP contribution is -2.04. The number of hydrogen-bond donors (Lipinski definition) is 2. The molecule has 2 rings (SSSR count). The van der Waals surface area contributed by atoms with Crippen molar-refractivity contribution in [2.45, 2.75) is 26.4 Å². The Morgan fingerprint density at radius 3 is 2.52 bits per heavy atom. The highest BCUT2D eigenvalue weighted by molar-refractivity contribution is 5.92. The average Bonchev–Trinajstić information content (AvgIpc) is 2.46. The van der Waals surface area contributed by atoms with Crippen molar-refractivity contribution in [3.05, 3.63) is 59.2 Å². The maximum atomic E-state index is 11.2. The molecular weight excluding hydrogens is 268 g/mol. The Labute approximate surface area is 123 Å². The maximum Gasteiger partial charge on any atom is 0.339 e. The minimum Gasteiger partial charge on any atom is -0.507 e. The highest BCUT2D eigenvalue weighted by Crippen LogP contribution is 2.29. The van der Waals surface area contributed by atoms with E-state index in [0.717, 1.165) is 12.0 Å². The molecule has 0 aromatic heterocycles. The zero-order valence-corrected chi connectivity index (χ0v) is 11.9. The predicted molar refractivity (Wildman–Crippen MR) is 79.8 cm³/mol. The summed E-state index contributed by atoms with van der Waals surface area (Å²) in [5, 5.41) is 19.1. The molecule has 0 bridgehead atoms. The van der Waals surface area contributed by atoms with E-state index >= 15 is 0 Å². The number of phenols is 1. The summed E-state index contributed by atoms with van der Waals surface area (Å²) in [4.78, 5) is 11.2. The summed E-state index contributed by atoms with van der Waals surface area (Å²) in [6.45, 7) is 2.33. The van der Waals surface area contributed by atoms with Crippen molar-refractivity contribution < 1.29 is 19.7 Å². The van der Waals surface area contributed by atoms with E-state index in [0.29, 0.717) is 24.3 Å². The van der Waals surface area contributed by atoms with Gasteiger partial charge < -0.3 is 14.9 Å². The number of carbonyl (C=O) groups is 1. The van der Waals surface area contributed by atoms with Gasteiger partial charge in [-0.05, 0) is 23.6 Å². The van der Waals surface area contributed by atoms with Gasteiger partial charge in [-0.25, -0.2) is 4.79 Å². The predicted octanol–water partition coefficient (Wildman–Crippen LogP) is 3.62. The molecule has 0 saturated heterocycles. The lowest BCUT2D eigenvalue weighted by molar-refractivity contribution is 0.0692. The van der Waals surface area contributed by atoms with Crippen LogP contribution in [0, 0.1) is 0 Å². The molecule has 2 aromatic carbocycles. The van der Waals surface area contributed by atoms with Gasteiger partial charge in [-0.15, -0.1) is 0 Å². The summed E-state index contributed by atoms with van der Waals surface area (Å²) in [6.07, 6.45) is 1.37. The van der Waals surface area contributed by atoms with E-state index in [2.05, 4.69) is 0 Å². The zero-order valence-electron chi connectivity index (χ0n) is 11.9. The summed E-state index contributed by atoms with van der Waals surface area (Å²) in [7, 11) is 0. The van der Waals surface area contributed by atoms with Crippen LogP contribution in [0.2, 0.25) is 0 Å². The van der Waals surface area contributed by atoms with Crippen molar-refractivity contribution in [3.63, 3.8) is 0 Å². The molecule has 2 aromatic rings. The Morgan fingerprint density at radius 2 is 1.90 bits per heavy atom. The Morgan fingerprint density at radius 1 is 1.19 bits per heavy atom. The van der Waals surface area contributed by atoms with Crippen LogP contribution in [-0.4, -0.2) is 16.2 Å². The van der Waals surface area contributed by atoms with Crippen LogP contribution in [0.3, 0.4) is 0 Å². The Kier molecular flexibility index (Phi) is 4.82. The van der Waals surface area contributed by atoms with E-state index in [1.807, 2.05) is 37.3 Å². The third-order valence-electron chi connectivity index (χ3n) is 3.15. The van der Waals surface area contributed by atoms with E-state index < -0.39 is 5.97 Å². The van der Waals surface area contributed by atoms with E-state index in [1.54, 1.807) is 6.07 Å². The van der Waals surface area contributed by atoms with Gasteiger partial charge in [0.05, 0.1) is 0 Å². The second kappa shape index (κ2) is 6.79. The van der Waals surface area contributed by atoms with Crippen molar-refractivity contribution in [2.24, 2.45) is 0 Å². The molecular formula is C17H18O4. The third-order valence-corrected chi connectivity index (χ3v) is 3.15. The standard InChI is InChI=1S/C17H18O4/c1-2-6-13-9-14(10-15(18)16(13)17(19)20)21-11-12-7-4-3-5-8-12/h3-5,7-10,18H,2,6,11H2,1H3,(H,19,20). The fourth-order valence-electron chi connectivity index (χ4n) is 2.19. The van der Waals surface area contributed by atoms with Crippen molar-refractivity contribution in [1.82, 2.24) is 0 Å². The number of carboxylic acid groups (broad SMARTS) is 1. The van der Waals surface area contributed by atoms with Crippen LogP contribution < -0.4 is 4.74 Å². The summed E-state index contributed by atoms with van der Waals surface area (Å²) in [5.74, 6) is -0.896. The smallest absolute Gasteiger partial charge is 0.339 e. The number of carboxylic acids is 1. The van der Waals surface area contributed by atoms with Gasteiger partial charge in [-0.2, -0.15) is 0 Å². The molecule has 4 heteroatoms. The molecule has 21 heavy (non-hydrogen) atoms. The normalized spacial score (nSPS) is 10.3. The van der Waals surface area contributed by atoms with Gasteiger partial charge in [0.1, 0.15) is 23.7 Å². The highest BCUT2D eigenvalue weighted by atomic mass is 16.5. The quantitative estimate of drug-likeness (QED) is 0.851. The number of aromatic hydroxyl groups is 1.